The second-order valence-electron chi connectivity index (χ2n) is 4.90. The lowest BCUT2D eigenvalue weighted by Crippen LogP contribution is -2.29. The lowest BCUT2D eigenvalue weighted by molar-refractivity contribution is -0.118. The van der Waals surface area contributed by atoms with Crippen LogP contribution in [0, 0.1) is 0 Å². The van der Waals surface area contributed by atoms with Gasteiger partial charge in [0.05, 0.1) is 17.8 Å². The van der Waals surface area contributed by atoms with E-state index in [1.807, 2.05) is 0 Å². The van der Waals surface area contributed by atoms with Crippen molar-refractivity contribution in [2.24, 2.45) is 0 Å². The summed E-state index contributed by atoms with van der Waals surface area (Å²) in [5, 5.41) is 5.14. The Kier molecular flexibility index (Phi) is 4.32. The summed E-state index contributed by atoms with van der Waals surface area (Å²) in [4.78, 5) is 31.1. The van der Waals surface area contributed by atoms with E-state index in [0.29, 0.717) is 5.69 Å². The molecule has 0 unspecified atom stereocenters. The number of nitrogens with one attached hydrogen (secondary N) is 2. The number of alkyl halides is 2. The van der Waals surface area contributed by atoms with E-state index >= 15 is 0 Å². The van der Waals surface area contributed by atoms with E-state index in [4.69, 9.17) is 4.74 Å². The fraction of sp³-hybridized carbons (Fsp3) is 0.200. The smallest absolute Gasteiger partial charge is 0.280 e. The minimum absolute atomic E-state index is 0.0696. The Labute approximate surface area is 135 Å². The zero-order valence-corrected chi connectivity index (χ0v) is 12.3. The van der Waals surface area contributed by atoms with Crippen LogP contribution in [0.2, 0.25) is 0 Å². The number of hydrogen-bond donors (Lipinski definition) is 2. The van der Waals surface area contributed by atoms with Crippen molar-refractivity contribution >= 4 is 17.5 Å². The quantitative estimate of drug-likeness (QED) is 0.887. The number of fused-ring (bicyclic) bond motifs is 1. The van der Waals surface area contributed by atoms with Gasteiger partial charge in [-0.2, -0.15) is 0 Å². The summed E-state index contributed by atoms with van der Waals surface area (Å²) >= 11 is 0. The Bertz CT molecular complexity index is 798. The predicted octanol–water partition coefficient (Wildman–Crippen LogP) is 1.68. The van der Waals surface area contributed by atoms with Crippen LogP contribution < -0.4 is 15.4 Å². The Hall–Kier alpha value is -3.10. The molecule has 1 aliphatic heterocycles. The second-order valence-corrected chi connectivity index (χ2v) is 4.90. The third kappa shape index (κ3) is 3.29. The lowest BCUT2D eigenvalue weighted by Gasteiger charge is -2.20. The topological polar surface area (TPSA) is 93.2 Å². The number of carbonyl (C=O) groups excluding carboxylic acids is 2. The number of ether oxygens (including phenoxy) is 1. The highest BCUT2D eigenvalue weighted by Crippen LogP contribution is 2.31. The summed E-state index contributed by atoms with van der Waals surface area (Å²) in [7, 11) is 0. The number of amides is 2. The first-order valence-corrected chi connectivity index (χ1v) is 6.98. The van der Waals surface area contributed by atoms with Gasteiger partial charge in [0.15, 0.2) is 12.4 Å². The van der Waals surface area contributed by atoms with Crippen molar-refractivity contribution < 1.29 is 23.1 Å². The van der Waals surface area contributed by atoms with Gasteiger partial charge in [-0.1, -0.05) is 6.07 Å². The molecule has 0 spiro atoms. The van der Waals surface area contributed by atoms with Gasteiger partial charge in [0.2, 0.25) is 0 Å². The highest BCUT2D eigenvalue weighted by molar-refractivity contribution is 6.03. The van der Waals surface area contributed by atoms with E-state index in [1.54, 1.807) is 12.1 Å². The van der Waals surface area contributed by atoms with E-state index in [0.717, 1.165) is 6.07 Å². The molecule has 0 atom stereocenters. The van der Waals surface area contributed by atoms with Crippen molar-refractivity contribution in [3.8, 4) is 5.75 Å². The standard InChI is InChI=1S/C15H12F2N4O3/c16-14(17)10-4-5-18-11(20-10)6-19-15(23)8-2-1-3-9-13(8)24-7-12(22)21-9/h1-5,14H,6-7H2,(H,19,23)(H,21,22). The lowest BCUT2D eigenvalue weighted by atomic mass is 10.1. The number of rotatable bonds is 4. The average molecular weight is 334 g/mol. The number of halogens is 2. The number of carbonyl (C=O) groups is 2. The Morgan fingerprint density at radius 2 is 2.21 bits per heavy atom. The van der Waals surface area contributed by atoms with E-state index < -0.39 is 18.0 Å². The minimum Gasteiger partial charge on any atom is -0.481 e. The maximum atomic E-state index is 12.6. The molecule has 0 bridgehead atoms. The van der Waals surface area contributed by atoms with Crippen LogP contribution >= 0.6 is 0 Å². The van der Waals surface area contributed by atoms with Gasteiger partial charge in [0.25, 0.3) is 18.2 Å². The van der Waals surface area contributed by atoms with E-state index in [9.17, 15) is 18.4 Å². The number of aromatic nitrogens is 2. The van der Waals surface area contributed by atoms with Crippen LogP contribution in [0.25, 0.3) is 0 Å². The minimum atomic E-state index is -2.71. The molecule has 9 heteroatoms. The van der Waals surface area contributed by atoms with Crippen molar-refractivity contribution in [3.63, 3.8) is 0 Å². The molecule has 0 saturated carbocycles. The summed E-state index contributed by atoms with van der Waals surface area (Å²) in [6, 6.07) is 5.84. The Morgan fingerprint density at radius 1 is 1.38 bits per heavy atom. The van der Waals surface area contributed by atoms with Crippen LogP contribution in [-0.2, 0) is 11.3 Å². The summed E-state index contributed by atoms with van der Waals surface area (Å²) in [5.74, 6) is -0.469. The number of para-hydroxylation sites is 1. The van der Waals surface area contributed by atoms with Crippen LogP contribution in [0.4, 0.5) is 14.5 Å². The molecule has 2 amide bonds. The van der Waals surface area contributed by atoms with Crippen molar-refractivity contribution in [1.29, 1.82) is 0 Å². The molecule has 2 heterocycles. The van der Waals surface area contributed by atoms with Gasteiger partial charge < -0.3 is 15.4 Å². The zero-order valence-electron chi connectivity index (χ0n) is 12.3. The maximum Gasteiger partial charge on any atom is 0.280 e. The first kappa shape index (κ1) is 15.8. The highest BCUT2D eigenvalue weighted by atomic mass is 19.3. The molecular weight excluding hydrogens is 322 g/mol. The summed E-state index contributed by atoms with van der Waals surface area (Å²) < 4.78 is 30.5. The van der Waals surface area contributed by atoms with Crippen LogP contribution in [0.3, 0.4) is 0 Å². The molecule has 2 N–H and O–H groups in total. The fourth-order valence-electron chi connectivity index (χ4n) is 2.17. The third-order valence-electron chi connectivity index (χ3n) is 3.24. The summed E-state index contributed by atoms with van der Waals surface area (Å²) in [5.41, 5.74) is 0.213. The molecule has 1 aliphatic rings. The van der Waals surface area contributed by atoms with E-state index in [-0.39, 0.29) is 36.2 Å². The van der Waals surface area contributed by atoms with Gasteiger partial charge in [-0.05, 0) is 18.2 Å². The molecule has 0 fully saturated rings. The maximum absolute atomic E-state index is 12.6. The molecule has 1 aromatic carbocycles. The third-order valence-corrected chi connectivity index (χ3v) is 3.24. The van der Waals surface area contributed by atoms with Crippen molar-refractivity contribution in [2.75, 3.05) is 11.9 Å². The molecule has 3 rings (SSSR count). The monoisotopic (exact) mass is 334 g/mol. The zero-order chi connectivity index (χ0) is 17.1. The van der Waals surface area contributed by atoms with E-state index in [1.165, 1.54) is 12.3 Å². The predicted molar refractivity (Wildman–Crippen MR) is 78.7 cm³/mol. The number of benzene rings is 1. The normalized spacial score (nSPS) is 13.0. The SMILES string of the molecule is O=C1COc2c(cccc2C(=O)NCc2nccc(C(F)F)n2)N1. The Morgan fingerprint density at radius 3 is 3.00 bits per heavy atom. The van der Waals surface area contributed by atoms with Crippen LogP contribution in [0.5, 0.6) is 5.75 Å². The van der Waals surface area contributed by atoms with Crippen LogP contribution in [-0.4, -0.2) is 28.4 Å². The molecule has 0 saturated heterocycles. The first-order chi connectivity index (χ1) is 11.5. The molecular formula is C15H12F2N4O3. The summed E-state index contributed by atoms with van der Waals surface area (Å²) in [6.45, 7) is -0.299. The molecule has 124 valence electrons. The molecule has 1 aromatic heterocycles. The average Bonchev–Trinajstić information content (AvgIpc) is 2.59. The molecule has 0 aliphatic carbocycles. The number of anilines is 1. The molecule has 0 radical (unpaired) electrons. The highest BCUT2D eigenvalue weighted by Gasteiger charge is 2.22. The van der Waals surface area contributed by atoms with Crippen molar-refractivity contribution in [1.82, 2.24) is 15.3 Å². The second kappa shape index (κ2) is 6.57. The van der Waals surface area contributed by atoms with Gasteiger partial charge in [-0.15, -0.1) is 0 Å². The first-order valence-electron chi connectivity index (χ1n) is 6.98. The van der Waals surface area contributed by atoms with Gasteiger partial charge >= 0.3 is 0 Å². The van der Waals surface area contributed by atoms with Crippen molar-refractivity contribution in [3.05, 3.63) is 47.5 Å². The van der Waals surface area contributed by atoms with Crippen molar-refractivity contribution in [2.45, 2.75) is 13.0 Å². The van der Waals surface area contributed by atoms with Crippen LogP contribution in [0.1, 0.15) is 28.3 Å². The summed E-state index contributed by atoms with van der Waals surface area (Å²) in [6.07, 6.45) is -1.50. The van der Waals surface area contributed by atoms with E-state index in [2.05, 4.69) is 20.6 Å². The molecule has 7 nitrogen and oxygen atoms in total. The van der Waals surface area contributed by atoms with Gasteiger partial charge in [0.1, 0.15) is 11.5 Å². The largest absolute Gasteiger partial charge is 0.481 e. The number of nitrogens with zero attached hydrogens (tertiary/aromatic N) is 2. The Balaban J connectivity index is 1.73. The molecule has 24 heavy (non-hydrogen) atoms. The van der Waals surface area contributed by atoms with Gasteiger partial charge in [-0.25, -0.2) is 18.7 Å². The van der Waals surface area contributed by atoms with Gasteiger partial charge in [0, 0.05) is 6.20 Å². The fourth-order valence-corrected chi connectivity index (χ4v) is 2.17. The molecule has 2 aromatic rings. The van der Waals surface area contributed by atoms with Gasteiger partial charge in [-0.3, -0.25) is 9.59 Å². The van der Waals surface area contributed by atoms with Crippen LogP contribution in [0.15, 0.2) is 30.5 Å². The number of hydrogen-bond acceptors (Lipinski definition) is 5.